The molecule has 1 fully saturated rings. The summed E-state index contributed by atoms with van der Waals surface area (Å²) in [5, 5.41) is 3.35. The van der Waals surface area contributed by atoms with E-state index in [0.717, 1.165) is 30.0 Å². The first-order valence-corrected chi connectivity index (χ1v) is 9.94. The predicted molar refractivity (Wildman–Crippen MR) is 112 cm³/mol. The first-order chi connectivity index (χ1) is 14.3. The number of hydrogen-bond donors (Lipinski definition) is 1. The third-order valence-corrected chi connectivity index (χ3v) is 5.83. The number of nitrogens with zero attached hydrogens (tertiary/aromatic N) is 4. The Morgan fingerprint density at radius 1 is 1.23 bits per heavy atom. The van der Waals surface area contributed by atoms with E-state index in [-0.39, 0.29) is 29.8 Å². The molecule has 0 spiro atoms. The van der Waals surface area contributed by atoms with Crippen molar-refractivity contribution in [3.05, 3.63) is 29.7 Å². The molecule has 1 aliphatic carbocycles. The van der Waals surface area contributed by atoms with Gasteiger partial charge in [-0.25, -0.2) is 9.37 Å². The van der Waals surface area contributed by atoms with Crippen LogP contribution in [0.4, 0.5) is 21.8 Å². The first kappa shape index (κ1) is 20.2. The Hall–Kier alpha value is -3.10. The molecule has 1 saturated carbocycles. The molecule has 2 aromatic rings. The van der Waals surface area contributed by atoms with Crippen LogP contribution in [0.5, 0.6) is 11.5 Å². The van der Waals surface area contributed by atoms with Gasteiger partial charge in [0, 0.05) is 39.0 Å². The molecule has 2 aliphatic rings. The minimum absolute atomic E-state index is 0.000435. The summed E-state index contributed by atoms with van der Waals surface area (Å²) in [5.41, 5.74) is 1.49. The van der Waals surface area contributed by atoms with E-state index in [4.69, 9.17) is 9.47 Å². The van der Waals surface area contributed by atoms with Crippen LogP contribution in [0, 0.1) is 12.7 Å². The number of nitrogens with one attached hydrogen (secondary N) is 1. The Morgan fingerprint density at radius 3 is 2.63 bits per heavy atom. The van der Waals surface area contributed by atoms with Crippen molar-refractivity contribution in [3.8, 4) is 11.5 Å². The SMILES string of the molecule is COc1ccc(O[C@H]2C[C@H](Nc3nc(C)c4c(n3)N(C)[C@@H](C)C(=O)N4C)C2)cc1F. The summed E-state index contributed by atoms with van der Waals surface area (Å²) in [5.74, 6) is 1.53. The van der Waals surface area contributed by atoms with E-state index < -0.39 is 5.82 Å². The molecule has 4 rings (SSSR count). The van der Waals surface area contributed by atoms with Gasteiger partial charge in [0.2, 0.25) is 11.9 Å². The van der Waals surface area contributed by atoms with Crippen LogP contribution in [-0.4, -0.2) is 55.3 Å². The van der Waals surface area contributed by atoms with E-state index in [1.165, 1.54) is 13.2 Å². The van der Waals surface area contributed by atoms with Crippen LogP contribution in [0.2, 0.25) is 0 Å². The predicted octanol–water partition coefficient (Wildman–Crippen LogP) is 2.76. The van der Waals surface area contributed by atoms with E-state index >= 15 is 0 Å². The Labute approximate surface area is 175 Å². The molecule has 30 heavy (non-hydrogen) atoms. The molecule has 1 aromatic carbocycles. The Balaban J connectivity index is 1.40. The van der Waals surface area contributed by atoms with Crippen LogP contribution in [-0.2, 0) is 4.79 Å². The molecule has 0 bridgehead atoms. The smallest absolute Gasteiger partial charge is 0.249 e. The fourth-order valence-corrected chi connectivity index (χ4v) is 3.87. The second kappa shape index (κ2) is 7.62. The lowest BCUT2D eigenvalue weighted by atomic mass is 9.89. The minimum atomic E-state index is -0.441. The molecule has 0 unspecified atom stereocenters. The number of rotatable bonds is 5. The summed E-state index contributed by atoms with van der Waals surface area (Å²) in [6.07, 6.45) is 1.52. The van der Waals surface area contributed by atoms with Gasteiger partial charge in [-0.2, -0.15) is 4.98 Å². The Kier molecular flexibility index (Phi) is 5.13. The van der Waals surface area contributed by atoms with E-state index in [1.807, 2.05) is 25.8 Å². The number of likely N-dealkylation sites (N-methyl/N-ethyl adjacent to an activating group) is 2. The van der Waals surface area contributed by atoms with E-state index in [1.54, 1.807) is 24.1 Å². The number of ether oxygens (including phenoxy) is 2. The number of aryl methyl sites for hydroxylation is 1. The summed E-state index contributed by atoms with van der Waals surface area (Å²) >= 11 is 0. The lowest BCUT2D eigenvalue weighted by molar-refractivity contribution is -0.119. The molecule has 1 atom stereocenters. The van der Waals surface area contributed by atoms with Gasteiger partial charge in [0.05, 0.1) is 12.8 Å². The normalized spacial score (nSPS) is 23.0. The Morgan fingerprint density at radius 2 is 1.97 bits per heavy atom. The lowest BCUT2D eigenvalue weighted by Crippen LogP contribution is -2.50. The van der Waals surface area contributed by atoms with Crippen molar-refractivity contribution in [2.45, 2.75) is 44.9 Å². The maximum Gasteiger partial charge on any atom is 0.249 e. The summed E-state index contributed by atoms with van der Waals surface area (Å²) in [6, 6.07) is 4.48. The molecule has 0 radical (unpaired) electrons. The van der Waals surface area contributed by atoms with Gasteiger partial charge in [-0.05, 0) is 26.0 Å². The molecule has 2 heterocycles. The number of halogens is 1. The van der Waals surface area contributed by atoms with Gasteiger partial charge in [0.1, 0.15) is 23.6 Å². The lowest BCUT2D eigenvalue weighted by Gasteiger charge is -2.38. The van der Waals surface area contributed by atoms with Crippen molar-refractivity contribution in [1.82, 2.24) is 9.97 Å². The maximum absolute atomic E-state index is 13.8. The molecule has 160 valence electrons. The van der Waals surface area contributed by atoms with Gasteiger partial charge in [-0.1, -0.05) is 0 Å². The van der Waals surface area contributed by atoms with Crippen molar-refractivity contribution < 1.29 is 18.7 Å². The largest absolute Gasteiger partial charge is 0.494 e. The van der Waals surface area contributed by atoms with Crippen LogP contribution in [0.1, 0.15) is 25.5 Å². The molecule has 1 amide bonds. The van der Waals surface area contributed by atoms with Gasteiger partial charge in [-0.15, -0.1) is 0 Å². The number of aromatic nitrogens is 2. The van der Waals surface area contributed by atoms with Crippen molar-refractivity contribution in [1.29, 1.82) is 0 Å². The third-order valence-electron chi connectivity index (χ3n) is 5.83. The number of carbonyl (C=O) groups is 1. The molecular formula is C21H26FN5O3. The zero-order valence-corrected chi connectivity index (χ0v) is 17.8. The van der Waals surface area contributed by atoms with Crippen molar-refractivity contribution in [2.24, 2.45) is 0 Å². The minimum Gasteiger partial charge on any atom is -0.494 e. The van der Waals surface area contributed by atoms with Crippen molar-refractivity contribution in [2.75, 3.05) is 36.3 Å². The number of fused-ring (bicyclic) bond motifs is 1. The third kappa shape index (κ3) is 3.48. The van der Waals surface area contributed by atoms with Crippen molar-refractivity contribution in [3.63, 3.8) is 0 Å². The first-order valence-electron chi connectivity index (χ1n) is 9.94. The summed E-state index contributed by atoms with van der Waals surface area (Å²) < 4.78 is 24.6. The summed E-state index contributed by atoms with van der Waals surface area (Å²) in [6.45, 7) is 3.74. The number of anilines is 3. The average molecular weight is 415 g/mol. The zero-order chi connectivity index (χ0) is 21.6. The number of hydrogen-bond acceptors (Lipinski definition) is 7. The topological polar surface area (TPSA) is 79.8 Å². The monoisotopic (exact) mass is 415 g/mol. The number of benzene rings is 1. The molecule has 1 N–H and O–H groups in total. The fraction of sp³-hybridized carbons (Fsp3) is 0.476. The molecule has 1 aromatic heterocycles. The second-order valence-electron chi connectivity index (χ2n) is 7.84. The number of methoxy groups -OCH3 is 1. The van der Waals surface area contributed by atoms with Gasteiger partial charge in [0.25, 0.3) is 0 Å². The average Bonchev–Trinajstić information content (AvgIpc) is 2.68. The summed E-state index contributed by atoms with van der Waals surface area (Å²) in [7, 11) is 5.05. The second-order valence-corrected chi connectivity index (χ2v) is 7.84. The van der Waals surface area contributed by atoms with E-state index in [2.05, 4.69) is 15.3 Å². The van der Waals surface area contributed by atoms with Gasteiger partial charge in [0.15, 0.2) is 17.4 Å². The highest BCUT2D eigenvalue weighted by molar-refractivity contribution is 6.04. The van der Waals surface area contributed by atoms with Crippen LogP contribution in [0.15, 0.2) is 18.2 Å². The molecule has 0 saturated heterocycles. The number of amides is 1. The Bertz CT molecular complexity index is 979. The number of carbonyl (C=O) groups excluding carboxylic acids is 1. The quantitative estimate of drug-likeness (QED) is 0.804. The van der Waals surface area contributed by atoms with E-state index in [9.17, 15) is 9.18 Å². The van der Waals surface area contributed by atoms with Crippen LogP contribution < -0.4 is 24.6 Å². The van der Waals surface area contributed by atoms with E-state index in [0.29, 0.717) is 11.7 Å². The molecule has 8 nitrogen and oxygen atoms in total. The molecular weight excluding hydrogens is 389 g/mol. The van der Waals surface area contributed by atoms with Gasteiger partial charge >= 0.3 is 0 Å². The molecule has 1 aliphatic heterocycles. The van der Waals surface area contributed by atoms with Gasteiger partial charge in [-0.3, -0.25) is 4.79 Å². The maximum atomic E-state index is 13.8. The fourth-order valence-electron chi connectivity index (χ4n) is 3.87. The highest BCUT2D eigenvalue weighted by Crippen LogP contribution is 2.36. The summed E-state index contributed by atoms with van der Waals surface area (Å²) in [4.78, 5) is 25.1. The standard InChI is InChI=1S/C21H26FN5O3/c1-11-18-19(26(3)12(2)20(28)27(18)4)25-21(23-11)24-13-8-15(9-13)30-14-6-7-17(29-5)16(22)10-14/h6-7,10,12-13,15H,8-9H2,1-5H3,(H,23,24,25)/t12-,13-,15-/m0/s1. The van der Waals surface area contributed by atoms with Crippen LogP contribution in [0.25, 0.3) is 0 Å². The van der Waals surface area contributed by atoms with Crippen LogP contribution >= 0.6 is 0 Å². The van der Waals surface area contributed by atoms with Crippen LogP contribution in [0.3, 0.4) is 0 Å². The van der Waals surface area contributed by atoms with Gasteiger partial charge < -0.3 is 24.6 Å². The zero-order valence-electron chi connectivity index (χ0n) is 17.8. The van der Waals surface area contributed by atoms with Crippen molar-refractivity contribution >= 4 is 23.4 Å². The molecule has 9 heteroatoms. The highest BCUT2D eigenvalue weighted by atomic mass is 19.1. The highest BCUT2D eigenvalue weighted by Gasteiger charge is 2.36.